The van der Waals surface area contributed by atoms with E-state index >= 15 is 0 Å². The van der Waals surface area contributed by atoms with Crippen molar-refractivity contribution in [3.8, 4) is 11.5 Å². The third-order valence-electron chi connectivity index (χ3n) is 6.43. The standard InChI is InChI=1S/C23H26N6O3/c1-4-17(30)28-9-7-14(8-10-28)29-20(18-19(27-29)23(31)26-25-22(18)24)21-13(3)15-11-12(2)5-6-16(15)32-21/h5-6,11,14H,4,7-10H2,1-3H3,(H2,24,25)(H,26,31). The first kappa shape index (κ1) is 20.3. The smallest absolute Gasteiger partial charge is 0.292 e. The molecule has 0 aliphatic carbocycles. The fourth-order valence-corrected chi connectivity index (χ4v) is 4.68. The predicted octanol–water partition coefficient (Wildman–Crippen LogP) is 3.31. The van der Waals surface area contributed by atoms with Crippen molar-refractivity contribution in [2.24, 2.45) is 0 Å². The zero-order chi connectivity index (χ0) is 22.6. The number of fused-ring (bicyclic) bond motifs is 2. The topological polar surface area (TPSA) is 123 Å². The number of nitrogens with two attached hydrogens (primary N) is 1. The largest absolute Gasteiger partial charge is 0.454 e. The number of carbonyl (C=O) groups excluding carboxylic acids is 1. The summed E-state index contributed by atoms with van der Waals surface area (Å²) < 4.78 is 8.15. The minimum Gasteiger partial charge on any atom is -0.454 e. The first-order valence-electron chi connectivity index (χ1n) is 10.9. The number of aromatic nitrogens is 4. The summed E-state index contributed by atoms with van der Waals surface area (Å²) in [6.07, 6.45) is 1.96. The highest BCUT2D eigenvalue weighted by atomic mass is 16.3. The molecule has 9 nitrogen and oxygen atoms in total. The van der Waals surface area contributed by atoms with Gasteiger partial charge in [0.2, 0.25) is 5.91 Å². The number of furan rings is 1. The second-order valence-corrected chi connectivity index (χ2v) is 8.48. The SMILES string of the molecule is CCC(=O)N1CCC(n2nc3c(=O)[nH]nc(N)c3c2-c2oc3ccc(C)cc3c2C)CC1. The summed E-state index contributed by atoms with van der Waals surface area (Å²) in [7, 11) is 0. The van der Waals surface area contributed by atoms with E-state index in [2.05, 4.69) is 21.4 Å². The minimum atomic E-state index is -0.391. The van der Waals surface area contributed by atoms with E-state index in [9.17, 15) is 9.59 Å². The van der Waals surface area contributed by atoms with Gasteiger partial charge in [0.1, 0.15) is 11.3 Å². The van der Waals surface area contributed by atoms with E-state index in [1.54, 1.807) is 0 Å². The van der Waals surface area contributed by atoms with Crippen LogP contribution in [0.4, 0.5) is 5.82 Å². The molecule has 9 heteroatoms. The molecule has 0 spiro atoms. The van der Waals surface area contributed by atoms with Crippen molar-refractivity contribution >= 4 is 33.6 Å². The van der Waals surface area contributed by atoms with Crippen LogP contribution in [0.3, 0.4) is 0 Å². The van der Waals surface area contributed by atoms with E-state index < -0.39 is 5.56 Å². The summed E-state index contributed by atoms with van der Waals surface area (Å²) in [5.74, 6) is 0.998. The normalized spacial score (nSPS) is 15.2. The van der Waals surface area contributed by atoms with Crippen LogP contribution in [-0.2, 0) is 4.79 Å². The van der Waals surface area contributed by atoms with E-state index in [0.717, 1.165) is 34.9 Å². The Balaban J connectivity index is 1.70. The van der Waals surface area contributed by atoms with Crippen molar-refractivity contribution < 1.29 is 9.21 Å². The Hall–Kier alpha value is -3.62. The Bertz CT molecular complexity index is 1400. The second-order valence-electron chi connectivity index (χ2n) is 8.48. The number of piperidine rings is 1. The number of nitrogens with zero attached hydrogens (tertiary/aromatic N) is 4. The number of nitrogen functional groups attached to an aromatic ring is 1. The number of rotatable bonds is 3. The number of hydrogen-bond acceptors (Lipinski definition) is 6. The fourth-order valence-electron chi connectivity index (χ4n) is 4.68. The fraction of sp³-hybridized carbons (Fsp3) is 0.391. The van der Waals surface area contributed by atoms with E-state index in [0.29, 0.717) is 36.4 Å². The first-order chi connectivity index (χ1) is 15.4. The molecule has 1 amide bonds. The third kappa shape index (κ3) is 3.07. The minimum absolute atomic E-state index is 0.00598. The highest BCUT2D eigenvalue weighted by Gasteiger charge is 2.30. The molecule has 1 fully saturated rings. The maximum Gasteiger partial charge on any atom is 0.292 e. The first-order valence-corrected chi connectivity index (χ1v) is 10.9. The number of aryl methyl sites for hydroxylation is 2. The zero-order valence-corrected chi connectivity index (χ0v) is 18.4. The van der Waals surface area contributed by atoms with Crippen molar-refractivity contribution in [3.63, 3.8) is 0 Å². The molecule has 5 rings (SSSR count). The van der Waals surface area contributed by atoms with Gasteiger partial charge in [-0.3, -0.25) is 14.3 Å². The van der Waals surface area contributed by atoms with Crippen LogP contribution in [0, 0.1) is 13.8 Å². The quantitative estimate of drug-likeness (QED) is 0.510. The number of amides is 1. The summed E-state index contributed by atoms with van der Waals surface area (Å²) in [6, 6.07) is 6.05. The molecular formula is C23H26N6O3. The van der Waals surface area contributed by atoms with Crippen molar-refractivity contribution in [1.29, 1.82) is 0 Å². The summed E-state index contributed by atoms with van der Waals surface area (Å²) in [4.78, 5) is 26.6. The molecule has 166 valence electrons. The lowest BCUT2D eigenvalue weighted by Gasteiger charge is -2.32. The van der Waals surface area contributed by atoms with E-state index in [1.807, 2.05) is 42.5 Å². The van der Waals surface area contributed by atoms with Gasteiger partial charge < -0.3 is 15.1 Å². The van der Waals surface area contributed by atoms with E-state index in [4.69, 9.17) is 10.2 Å². The number of benzene rings is 1. The average Bonchev–Trinajstić information content (AvgIpc) is 3.35. The molecule has 32 heavy (non-hydrogen) atoms. The summed E-state index contributed by atoms with van der Waals surface area (Å²) >= 11 is 0. The Morgan fingerprint density at radius 1 is 1.28 bits per heavy atom. The maximum absolute atomic E-state index is 12.6. The van der Waals surface area contributed by atoms with E-state index in [1.165, 1.54) is 0 Å². The van der Waals surface area contributed by atoms with Crippen LogP contribution in [-0.4, -0.2) is 43.9 Å². The molecule has 0 atom stereocenters. The van der Waals surface area contributed by atoms with Gasteiger partial charge in [-0.15, -0.1) is 0 Å². The molecule has 3 N–H and O–H groups in total. The molecule has 0 radical (unpaired) electrons. The van der Waals surface area contributed by atoms with Gasteiger partial charge in [0, 0.05) is 30.5 Å². The Morgan fingerprint density at radius 2 is 2.03 bits per heavy atom. The molecule has 1 aliphatic rings. The van der Waals surface area contributed by atoms with Gasteiger partial charge >= 0.3 is 0 Å². The average molecular weight is 435 g/mol. The van der Waals surface area contributed by atoms with Crippen LogP contribution in [0.15, 0.2) is 27.4 Å². The number of aromatic amines is 1. The molecule has 1 aromatic carbocycles. The van der Waals surface area contributed by atoms with Crippen LogP contribution >= 0.6 is 0 Å². The van der Waals surface area contributed by atoms with Gasteiger partial charge in [-0.05, 0) is 38.8 Å². The van der Waals surface area contributed by atoms with Crippen molar-refractivity contribution in [3.05, 3.63) is 39.7 Å². The summed E-state index contributed by atoms with van der Waals surface area (Å²) in [6.45, 7) is 7.22. The lowest BCUT2D eigenvalue weighted by atomic mass is 10.0. The molecule has 0 saturated carbocycles. The van der Waals surface area contributed by atoms with Gasteiger partial charge in [0.15, 0.2) is 17.1 Å². The van der Waals surface area contributed by atoms with Gasteiger partial charge in [0.25, 0.3) is 5.56 Å². The number of hydrogen-bond donors (Lipinski definition) is 2. The molecule has 0 bridgehead atoms. The van der Waals surface area contributed by atoms with E-state index in [-0.39, 0.29) is 23.3 Å². The second kappa shape index (κ2) is 7.51. The molecule has 1 saturated heterocycles. The summed E-state index contributed by atoms with van der Waals surface area (Å²) in [5, 5.41) is 12.6. The van der Waals surface area contributed by atoms with Gasteiger partial charge in [0.05, 0.1) is 11.4 Å². The van der Waals surface area contributed by atoms with Crippen LogP contribution in [0.5, 0.6) is 0 Å². The highest BCUT2D eigenvalue weighted by Crippen LogP contribution is 2.40. The van der Waals surface area contributed by atoms with Crippen molar-refractivity contribution in [1.82, 2.24) is 24.9 Å². The molecule has 1 aliphatic heterocycles. The van der Waals surface area contributed by atoms with Crippen LogP contribution in [0.1, 0.15) is 43.4 Å². The number of nitrogens with one attached hydrogen (secondary N) is 1. The zero-order valence-electron chi connectivity index (χ0n) is 18.4. The Labute approximate surface area is 184 Å². The number of carbonyl (C=O) groups is 1. The van der Waals surface area contributed by atoms with Gasteiger partial charge in [-0.1, -0.05) is 18.6 Å². The highest BCUT2D eigenvalue weighted by molar-refractivity contribution is 6.01. The van der Waals surface area contributed by atoms with Crippen molar-refractivity contribution in [2.45, 2.75) is 46.1 Å². The maximum atomic E-state index is 12.6. The van der Waals surface area contributed by atoms with Gasteiger partial charge in [-0.25, -0.2) is 5.10 Å². The van der Waals surface area contributed by atoms with Crippen molar-refractivity contribution in [2.75, 3.05) is 18.8 Å². The van der Waals surface area contributed by atoms with Crippen LogP contribution in [0.2, 0.25) is 0 Å². The number of H-pyrrole nitrogens is 1. The van der Waals surface area contributed by atoms with Crippen LogP contribution < -0.4 is 11.3 Å². The lowest BCUT2D eigenvalue weighted by molar-refractivity contribution is -0.132. The molecule has 4 aromatic rings. The Kier molecular flexibility index (Phi) is 4.76. The lowest BCUT2D eigenvalue weighted by Crippen LogP contribution is -2.39. The number of anilines is 1. The molecular weight excluding hydrogens is 408 g/mol. The van der Waals surface area contributed by atoms with Gasteiger partial charge in [-0.2, -0.15) is 10.2 Å². The predicted molar refractivity (Wildman–Crippen MR) is 122 cm³/mol. The third-order valence-corrected chi connectivity index (χ3v) is 6.43. The molecule has 0 unspecified atom stereocenters. The molecule has 4 heterocycles. The summed E-state index contributed by atoms with van der Waals surface area (Å²) in [5.41, 5.74) is 9.62. The number of likely N-dealkylation sites (tertiary alicyclic amines) is 1. The Morgan fingerprint density at radius 3 is 2.75 bits per heavy atom. The van der Waals surface area contributed by atoms with Crippen LogP contribution in [0.25, 0.3) is 33.3 Å². The molecule has 3 aromatic heterocycles. The monoisotopic (exact) mass is 434 g/mol.